The normalized spacial score (nSPS) is 17.7. The lowest BCUT2D eigenvalue weighted by atomic mass is 10.1. The summed E-state index contributed by atoms with van der Waals surface area (Å²) in [6.07, 6.45) is 4.83. The number of fused-ring (bicyclic) bond motifs is 7. The van der Waals surface area contributed by atoms with Gasteiger partial charge in [-0.3, -0.25) is 0 Å². The maximum Gasteiger partial charge on any atom is 0.292 e. The van der Waals surface area contributed by atoms with E-state index in [1.807, 2.05) is 0 Å². The molecule has 0 spiro atoms. The zero-order chi connectivity index (χ0) is 18.0. The van der Waals surface area contributed by atoms with Crippen LogP contribution in [0.2, 0.25) is 0 Å². The fraction of sp³-hybridized carbons (Fsp3) is 0.208. The summed E-state index contributed by atoms with van der Waals surface area (Å²) in [4.78, 5) is 2.54. The molecular formula is C24H22N3+. The van der Waals surface area contributed by atoms with Gasteiger partial charge >= 0.3 is 0 Å². The highest BCUT2D eigenvalue weighted by atomic mass is 15.2. The fourth-order valence-corrected chi connectivity index (χ4v) is 4.79. The lowest BCUT2D eigenvalue weighted by molar-refractivity contribution is -0.479. The summed E-state index contributed by atoms with van der Waals surface area (Å²) in [5.74, 6) is 0. The third kappa shape index (κ3) is 2.11. The van der Waals surface area contributed by atoms with Crippen molar-refractivity contribution in [3.63, 3.8) is 0 Å². The van der Waals surface area contributed by atoms with Crippen molar-refractivity contribution in [2.24, 2.45) is 0 Å². The van der Waals surface area contributed by atoms with Crippen LogP contribution in [-0.4, -0.2) is 17.0 Å². The molecule has 3 heteroatoms. The van der Waals surface area contributed by atoms with E-state index in [2.05, 4.69) is 93.6 Å². The van der Waals surface area contributed by atoms with E-state index in [9.17, 15) is 0 Å². The van der Waals surface area contributed by atoms with Crippen LogP contribution in [-0.2, 0) is 0 Å². The molecule has 3 aromatic heterocycles. The Balaban J connectivity index is 1.65. The van der Waals surface area contributed by atoms with Crippen LogP contribution in [0.1, 0.15) is 19.8 Å². The molecule has 1 aliphatic heterocycles. The molecule has 0 amide bonds. The van der Waals surface area contributed by atoms with Gasteiger partial charge in [-0.05, 0) is 62.2 Å². The second kappa shape index (κ2) is 5.46. The SMILES string of the molecule is CC1CCCN1c1ccc2c(ccc3c[n+]4c5ccccc5ccc4n32)c1. The van der Waals surface area contributed by atoms with Crippen LogP contribution in [0.4, 0.5) is 5.69 Å². The summed E-state index contributed by atoms with van der Waals surface area (Å²) in [5.41, 5.74) is 6.29. The Morgan fingerprint density at radius 1 is 0.926 bits per heavy atom. The fourth-order valence-electron chi connectivity index (χ4n) is 4.79. The molecule has 0 saturated carbocycles. The van der Waals surface area contributed by atoms with Gasteiger partial charge in [-0.25, -0.2) is 0 Å². The predicted octanol–water partition coefficient (Wildman–Crippen LogP) is 4.97. The first kappa shape index (κ1) is 15.0. The summed E-state index contributed by atoms with van der Waals surface area (Å²) >= 11 is 0. The minimum Gasteiger partial charge on any atom is -0.369 e. The number of hydrogen-bond acceptors (Lipinski definition) is 1. The molecule has 0 bridgehead atoms. The first-order valence-electron chi connectivity index (χ1n) is 9.84. The molecule has 2 aromatic carbocycles. The quantitative estimate of drug-likeness (QED) is 0.388. The molecule has 6 rings (SSSR count). The van der Waals surface area contributed by atoms with Gasteiger partial charge in [-0.1, -0.05) is 18.2 Å². The van der Waals surface area contributed by atoms with Crippen LogP contribution in [0.5, 0.6) is 0 Å². The van der Waals surface area contributed by atoms with Crippen molar-refractivity contribution in [3.8, 4) is 0 Å². The van der Waals surface area contributed by atoms with Crippen molar-refractivity contribution < 1.29 is 4.40 Å². The minimum atomic E-state index is 0.639. The van der Waals surface area contributed by atoms with Gasteiger partial charge in [0.05, 0.1) is 0 Å². The maximum absolute atomic E-state index is 2.54. The molecule has 5 aromatic rings. The van der Waals surface area contributed by atoms with E-state index >= 15 is 0 Å². The smallest absolute Gasteiger partial charge is 0.292 e. The van der Waals surface area contributed by atoms with Crippen LogP contribution in [0.25, 0.3) is 33.0 Å². The summed E-state index contributed by atoms with van der Waals surface area (Å²) in [7, 11) is 0. The van der Waals surface area contributed by atoms with E-state index in [0.717, 1.165) is 0 Å². The highest BCUT2D eigenvalue weighted by Gasteiger charge is 2.22. The average molecular weight is 352 g/mol. The predicted molar refractivity (Wildman–Crippen MR) is 112 cm³/mol. The molecule has 1 unspecified atom stereocenters. The third-order valence-electron chi connectivity index (χ3n) is 6.17. The first-order valence-corrected chi connectivity index (χ1v) is 9.84. The highest BCUT2D eigenvalue weighted by Crippen LogP contribution is 2.29. The van der Waals surface area contributed by atoms with E-state index in [0.29, 0.717) is 6.04 Å². The van der Waals surface area contributed by atoms with Crippen LogP contribution in [0, 0.1) is 0 Å². The molecule has 1 fully saturated rings. The number of imidazole rings is 1. The summed E-state index contributed by atoms with van der Waals surface area (Å²) in [5, 5.41) is 2.56. The largest absolute Gasteiger partial charge is 0.369 e. The summed E-state index contributed by atoms with van der Waals surface area (Å²) in [6.45, 7) is 3.50. The van der Waals surface area contributed by atoms with Gasteiger partial charge in [-0.15, -0.1) is 0 Å². The van der Waals surface area contributed by atoms with E-state index in [1.165, 1.54) is 58.0 Å². The standard InChI is InChI=1S/C24H22N3/c1-17-5-4-14-25(17)20-11-12-23-19(15-20)8-10-21-16-26-22-7-3-2-6-18(22)9-13-24(26)27(21)23/h2-3,6-13,15-17H,4-5,14H2,1H3/q+1. The minimum absolute atomic E-state index is 0.639. The van der Waals surface area contributed by atoms with Crippen molar-refractivity contribution in [2.75, 3.05) is 11.4 Å². The Kier molecular flexibility index (Phi) is 3.04. The monoisotopic (exact) mass is 352 g/mol. The number of para-hydroxylation sites is 1. The zero-order valence-corrected chi connectivity index (χ0v) is 15.5. The van der Waals surface area contributed by atoms with Crippen molar-refractivity contribution in [1.29, 1.82) is 0 Å². The molecule has 0 N–H and O–H groups in total. The number of nitrogens with zero attached hydrogens (tertiary/aromatic N) is 3. The molecule has 1 saturated heterocycles. The van der Waals surface area contributed by atoms with Gasteiger partial charge in [0.1, 0.15) is 17.2 Å². The first-order chi connectivity index (χ1) is 13.3. The van der Waals surface area contributed by atoms with Gasteiger partial charge in [0, 0.05) is 35.1 Å². The highest BCUT2D eigenvalue weighted by molar-refractivity contribution is 5.88. The maximum atomic E-state index is 2.54. The van der Waals surface area contributed by atoms with Crippen molar-refractivity contribution >= 4 is 38.7 Å². The molecular weight excluding hydrogens is 330 g/mol. The number of benzene rings is 2. The lowest BCUT2D eigenvalue weighted by Crippen LogP contribution is -2.26. The third-order valence-corrected chi connectivity index (χ3v) is 6.17. The van der Waals surface area contributed by atoms with Crippen molar-refractivity contribution in [2.45, 2.75) is 25.8 Å². The Hall–Kier alpha value is -3.07. The molecule has 0 aliphatic carbocycles. The van der Waals surface area contributed by atoms with E-state index in [-0.39, 0.29) is 0 Å². The molecule has 132 valence electrons. The van der Waals surface area contributed by atoms with Gasteiger partial charge < -0.3 is 4.90 Å². The van der Waals surface area contributed by atoms with Gasteiger partial charge in [0.15, 0.2) is 5.52 Å². The van der Waals surface area contributed by atoms with Gasteiger partial charge in [0.2, 0.25) is 0 Å². The second-order valence-electron chi connectivity index (χ2n) is 7.77. The lowest BCUT2D eigenvalue weighted by Gasteiger charge is -2.23. The molecule has 1 atom stereocenters. The Labute approximate surface area is 158 Å². The van der Waals surface area contributed by atoms with Crippen LogP contribution in [0.3, 0.4) is 0 Å². The topological polar surface area (TPSA) is 11.8 Å². The van der Waals surface area contributed by atoms with Crippen molar-refractivity contribution in [1.82, 2.24) is 4.40 Å². The van der Waals surface area contributed by atoms with E-state index in [1.54, 1.807) is 0 Å². The van der Waals surface area contributed by atoms with Crippen LogP contribution >= 0.6 is 0 Å². The Morgan fingerprint density at radius 2 is 1.81 bits per heavy atom. The molecule has 1 aliphatic rings. The van der Waals surface area contributed by atoms with Gasteiger partial charge in [0.25, 0.3) is 5.65 Å². The summed E-state index contributed by atoms with van der Waals surface area (Å²) in [6, 6.07) is 25.1. The summed E-state index contributed by atoms with van der Waals surface area (Å²) < 4.78 is 4.68. The van der Waals surface area contributed by atoms with Crippen LogP contribution < -0.4 is 9.30 Å². The molecule has 27 heavy (non-hydrogen) atoms. The molecule has 4 heterocycles. The van der Waals surface area contributed by atoms with Gasteiger partial charge in [-0.2, -0.15) is 8.80 Å². The van der Waals surface area contributed by atoms with Crippen LogP contribution in [0.15, 0.2) is 72.9 Å². The number of hydrogen-bond donors (Lipinski definition) is 0. The van der Waals surface area contributed by atoms with E-state index in [4.69, 9.17) is 0 Å². The average Bonchev–Trinajstić information content (AvgIpc) is 3.31. The number of anilines is 1. The molecule has 0 radical (unpaired) electrons. The number of aromatic nitrogens is 2. The Bertz CT molecular complexity index is 1330. The Morgan fingerprint density at radius 3 is 2.70 bits per heavy atom. The van der Waals surface area contributed by atoms with Crippen molar-refractivity contribution in [3.05, 3.63) is 72.9 Å². The number of pyridine rings is 2. The second-order valence-corrected chi connectivity index (χ2v) is 7.77. The van der Waals surface area contributed by atoms with E-state index < -0.39 is 0 Å². The molecule has 3 nitrogen and oxygen atoms in total. The number of rotatable bonds is 1. The zero-order valence-electron chi connectivity index (χ0n) is 15.5.